The van der Waals surface area contributed by atoms with Crippen molar-refractivity contribution in [2.24, 2.45) is 5.16 Å². The molecule has 0 radical (unpaired) electrons. The Kier molecular flexibility index (Phi) is 4.17. The number of hydrogen-bond acceptors (Lipinski definition) is 5. The molecule has 1 saturated heterocycles. The minimum atomic E-state index is -0.291. The smallest absolute Gasteiger partial charge is 0.229 e. The van der Waals surface area contributed by atoms with E-state index in [1.54, 1.807) is 7.11 Å². The van der Waals surface area contributed by atoms with Gasteiger partial charge in [0.1, 0.15) is 0 Å². The van der Waals surface area contributed by atoms with Gasteiger partial charge < -0.3 is 19.4 Å². The molecule has 3 rings (SSSR count). The molecule has 3 aliphatic rings. The number of methoxy groups -OCH3 is 1. The summed E-state index contributed by atoms with van der Waals surface area (Å²) < 4.78 is 5.36. The van der Waals surface area contributed by atoms with Gasteiger partial charge in [0.2, 0.25) is 5.90 Å². The van der Waals surface area contributed by atoms with Crippen molar-refractivity contribution in [2.75, 3.05) is 20.7 Å². The van der Waals surface area contributed by atoms with Crippen molar-refractivity contribution in [1.29, 1.82) is 0 Å². The van der Waals surface area contributed by atoms with E-state index in [4.69, 9.17) is 9.57 Å². The summed E-state index contributed by atoms with van der Waals surface area (Å²) in [5, 5.41) is 4.20. The minimum absolute atomic E-state index is 0.242. The van der Waals surface area contributed by atoms with Crippen LogP contribution in [0.1, 0.15) is 39.5 Å². The largest absolute Gasteiger partial charge is 0.482 e. The molecule has 0 aromatic rings. The Morgan fingerprint density at radius 1 is 1.45 bits per heavy atom. The zero-order valence-corrected chi connectivity index (χ0v) is 14.1. The van der Waals surface area contributed by atoms with Crippen LogP contribution in [0.3, 0.4) is 0 Å². The number of ether oxygens (including phenoxy) is 1. The monoisotopic (exact) mass is 305 g/mol. The van der Waals surface area contributed by atoms with Gasteiger partial charge in [0.05, 0.1) is 19.6 Å². The number of rotatable bonds is 1. The second-order valence-corrected chi connectivity index (χ2v) is 6.74. The first-order valence-electron chi connectivity index (χ1n) is 8.17. The lowest BCUT2D eigenvalue weighted by molar-refractivity contribution is -0.0713. The van der Waals surface area contributed by atoms with Crippen LogP contribution in [0, 0.1) is 0 Å². The number of allylic oxidation sites excluding steroid dienone is 3. The van der Waals surface area contributed by atoms with Crippen molar-refractivity contribution in [2.45, 2.75) is 57.2 Å². The Hall–Kier alpha value is -1.49. The third-order valence-corrected chi connectivity index (χ3v) is 5.38. The topological polar surface area (TPSA) is 37.3 Å². The van der Waals surface area contributed by atoms with E-state index < -0.39 is 0 Å². The molecule has 0 saturated carbocycles. The highest BCUT2D eigenvalue weighted by atomic mass is 16.7. The van der Waals surface area contributed by atoms with Crippen molar-refractivity contribution in [1.82, 2.24) is 9.80 Å². The average molecular weight is 305 g/mol. The molecule has 5 nitrogen and oxygen atoms in total. The Morgan fingerprint density at radius 3 is 2.95 bits per heavy atom. The molecule has 5 heteroatoms. The highest BCUT2D eigenvalue weighted by molar-refractivity contribution is 5.78. The molecule has 0 amide bonds. The van der Waals surface area contributed by atoms with Crippen molar-refractivity contribution < 1.29 is 9.57 Å². The van der Waals surface area contributed by atoms with Crippen LogP contribution in [0.25, 0.3) is 0 Å². The van der Waals surface area contributed by atoms with Crippen LogP contribution < -0.4 is 0 Å². The van der Waals surface area contributed by atoms with Crippen molar-refractivity contribution in [3.63, 3.8) is 0 Å². The first-order chi connectivity index (χ1) is 10.6. The fourth-order valence-electron chi connectivity index (χ4n) is 3.67. The van der Waals surface area contributed by atoms with E-state index >= 15 is 0 Å². The zero-order chi connectivity index (χ0) is 15.7. The van der Waals surface area contributed by atoms with E-state index in [2.05, 4.69) is 54.2 Å². The molecular weight excluding hydrogens is 278 g/mol. The van der Waals surface area contributed by atoms with E-state index in [0.717, 1.165) is 32.2 Å². The van der Waals surface area contributed by atoms with Gasteiger partial charge in [-0.15, -0.1) is 0 Å². The van der Waals surface area contributed by atoms with Gasteiger partial charge in [0, 0.05) is 24.5 Å². The normalized spacial score (nSPS) is 35.9. The molecule has 3 atom stereocenters. The summed E-state index contributed by atoms with van der Waals surface area (Å²) in [7, 11) is 3.88. The Balaban J connectivity index is 1.92. The molecule has 0 aliphatic carbocycles. The molecule has 0 aromatic heterocycles. The highest BCUT2D eigenvalue weighted by Crippen LogP contribution is 2.40. The predicted octanol–water partition coefficient (Wildman–Crippen LogP) is 2.71. The van der Waals surface area contributed by atoms with Crippen LogP contribution in [-0.4, -0.2) is 54.1 Å². The standard InChI is InChI=1S/C17H27N3O2/c1-13-8-9-17(11-16(21-4)18-22-17)15(12-19(13)3)20-10-6-5-7-14(20)2/h6-7,10,13,15H,5,8-9,11-12H2,1-4H3/t13-,15+,17-/m0/s1. The number of likely N-dealkylation sites (tertiary alicyclic amines) is 1. The predicted molar refractivity (Wildman–Crippen MR) is 87.3 cm³/mol. The third kappa shape index (κ3) is 2.62. The molecule has 0 bridgehead atoms. The molecule has 0 unspecified atom stereocenters. The van der Waals surface area contributed by atoms with Crippen LogP contribution in [0.2, 0.25) is 0 Å². The van der Waals surface area contributed by atoms with Gasteiger partial charge in [0.15, 0.2) is 5.60 Å². The Bertz CT molecular complexity index is 514. The lowest BCUT2D eigenvalue weighted by Crippen LogP contribution is -2.54. The Morgan fingerprint density at radius 2 is 2.27 bits per heavy atom. The van der Waals surface area contributed by atoms with Gasteiger partial charge >= 0.3 is 0 Å². The summed E-state index contributed by atoms with van der Waals surface area (Å²) in [5.74, 6) is 0.713. The van der Waals surface area contributed by atoms with Crippen LogP contribution in [0.15, 0.2) is 29.2 Å². The van der Waals surface area contributed by atoms with E-state index in [9.17, 15) is 0 Å². The molecule has 0 aromatic carbocycles. The minimum Gasteiger partial charge on any atom is -0.482 e. The van der Waals surface area contributed by atoms with Crippen LogP contribution in [-0.2, 0) is 9.57 Å². The maximum Gasteiger partial charge on any atom is 0.229 e. The summed E-state index contributed by atoms with van der Waals surface area (Å²) >= 11 is 0. The Labute approximate surface area is 133 Å². The van der Waals surface area contributed by atoms with E-state index in [-0.39, 0.29) is 11.6 Å². The second-order valence-electron chi connectivity index (χ2n) is 6.74. The first kappa shape index (κ1) is 15.4. The molecule has 0 N–H and O–H groups in total. The average Bonchev–Trinajstić information content (AvgIpc) is 2.90. The van der Waals surface area contributed by atoms with Gasteiger partial charge in [-0.25, -0.2) is 0 Å². The van der Waals surface area contributed by atoms with Crippen LogP contribution >= 0.6 is 0 Å². The van der Waals surface area contributed by atoms with E-state index in [1.807, 2.05) is 0 Å². The first-order valence-corrected chi connectivity index (χ1v) is 8.17. The summed E-state index contributed by atoms with van der Waals surface area (Å²) in [6, 6.07) is 0.793. The lowest BCUT2D eigenvalue weighted by atomic mass is 9.85. The highest BCUT2D eigenvalue weighted by Gasteiger charge is 2.51. The molecule has 122 valence electrons. The van der Waals surface area contributed by atoms with Gasteiger partial charge in [-0.05, 0) is 40.2 Å². The third-order valence-electron chi connectivity index (χ3n) is 5.38. The number of hydrogen-bond donors (Lipinski definition) is 0. The van der Waals surface area contributed by atoms with Crippen molar-refractivity contribution in [3.8, 4) is 0 Å². The SMILES string of the molecule is COC1=NO[C@@]2(CC[C@H](C)N(C)C[C@H]2N2C=CCC=C2C)C1. The summed E-state index contributed by atoms with van der Waals surface area (Å²) in [6.45, 7) is 5.43. The quantitative estimate of drug-likeness (QED) is 0.746. The summed E-state index contributed by atoms with van der Waals surface area (Å²) in [6.07, 6.45) is 10.6. The summed E-state index contributed by atoms with van der Waals surface area (Å²) in [5.41, 5.74) is 1.01. The van der Waals surface area contributed by atoms with Crippen LogP contribution in [0.4, 0.5) is 0 Å². The van der Waals surface area contributed by atoms with Crippen molar-refractivity contribution >= 4 is 5.90 Å². The van der Waals surface area contributed by atoms with Crippen LogP contribution in [0.5, 0.6) is 0 Å². The van der Waals surface area contributed by atoms with Gasteiger partial charge in [-0.2, -0.15) is 0 Å². The fourth-order valence-corrected chi connectivity index (χ4v) is 3.67. The fraction of sp³-hybridized carbons (Fsp3) is 0.706. The van der Waals surface area contributed by atoms with Gasteiger partial charge in [-0.3, -0.25) is 0 Å². The zero-order valence-electron chi connectivity index (χ0n) is 14.1. The summed E-state index contributed by atoms with van der Waals surface area (Å²) in [4.78, 5) is 10.8. The molecular formula is C17H27N3O2. The molecule has 3 heterocycles. The van der Waals surface area contributed by atoms with E-state index in [0.29, 0.717) is 11.9 Å². The van der Waals surface area contributed by atoms with Crippen molar-refractivity contribution in [3.05, 3.63) is 24.0 Å². The molecule has 1 fully saturated rings. The molecule has 3 aliphatic heterocycles. The molecule has 22 heavy (non-hydrogen) atoms. The lowest BCUT2D eigenvalue weighted by Gasteiger charge is -2.42. The molecule has 1 spiro atoms. The number of nitrogens with zero attached hydrogens (tertiary/aromatic N) is 3. The number of oxime groups is 1. The maximum absolute atomic E-state index is 6.01. The second kappa shape index (κ2) is 5.95. The maximum atomic E-state index is 6.01. The number of likely N-dealkylation sites (N-methyl/N-ethyl adjacent to an activating group) is 1. The van der Waals surface area contributed by atoms with Gasteiger partial charge in [0.25, 0.3) is 0 Å². The van der Waals surface area contributed by atoms with Gasteiger partial charge in [-0.1, -0.05) is 17.3 Å². The van der Waals surface area contributed by atoms with E-state index in [1.165, 1.54) is 5.70 Å².